The molecule has 0 heterocycles. The number of hydrogen-bond acceptors (Lipinski definition) is 3. The average molecular weight is 247 g/mol. The third-order valence-electron chi connectivity index (χ3n) is 2.81. The lowest BCUT2D eigenvalue weighted by atomic mass is 10.00. The first-order valence-electron chi connectivity index (χ1n) is 6.12. The molecule has 3 nitrogen and oxygen atoms in total. The van der Waals surface area contributed by atoms with Crippen LogP contribution in [-0.2, 0) is 4.74 Å². The van der Waals surface area contributed by atoms with Crippen molar-refractivity contribution in [2.45, 2.75) is 13.8 Å². The lowest BCUT2D eigenvalue weighted by Crippen LogP contribution is -2.13. The molecule has 1 aromatic carbocycles. The second-order valence-electron chi connectivity index (χ2n) is 4.52. The van der Waals surface area contributed by atoms with E-state index in [0.717, 1.165) is 12.1 Å². The Hall–Kier alpha value is -1.61. The van der Waals surface area contributed by atoms with Gasteiger partial charge in [0.25, 0.3) is 0 Å². The van der Waals surface area contributed by atoms with Gasteiger partial charge in [-0.2, -0.15) is 0 Å². The number of nitrogens with one attached hydrogen (secondary N) is 1. The van der Waals surface area contributed by atoms with Crippen LogP contribution in [0.4, 0.5) is 0 Å². The molecule has 0 bridgehead atoms. The monoisotopic (exact) mass is 247 g/mol. The minimum Gasteiger partial charge on any atom is -0.465 e. The van der Waals surface area contributed by atoms with Gasteiger partial charge in [0.05, 0.1) is 12.7 Å². The van der Waals surface area contributed by atoms with Gasteiger partial charge in [0, 0.05) is 6.54 Å². The predicted octanol–water partition coefficient (Wildman–Crippen LogP) is 2.73. The fourth-order valence-electron chi connectivity index (χ4n) is 1.67. The van der Waals surface area contributed by atoms with Gasteiger partial charge in [-0.25, -0.2) is 4.79 Å². The number of carbonyl (C=O) groups is 1. The topological polar surface area (TPSA) is 38.3 Å². The maximum Gasteiger partial charge on any atom is 0.337 e. The fourth-order valence-corrected chi connectivity index (χ4v) is 1.67. The van der Waals surface area contributed by atoms with E-state index in [-0.39, 0.29) is 5.97 Å². The maximum absolute atomic E-state index is 11.3. The van der Waals surface area contributed by atoms with Crippen molar-refractivity contribution in [3.8, 4) is 0 Å². The van der Waals surface area contributed by atoms with Gasteiger partial charge >= 0.3 is 5.97 Å². The van der Waals surface area contributed by atoms with Crippen molar-refractivity contribution in [2.24, 2.45) is 5.92 Å². The van der Waals surface area contributed by atoms with E-state index in [2.05, 4.69) is 30.0 Å². The number of rotatable bonds is 5. The summed E-state index contributed by atoms with van der Waals surface area (Å²) in [5.74, 6) is 0.197. The van der Waals surface area contributed by atoms with Crippen molar-refractivity contribution in [3.63, 3.8) is 0 Å². The Morgan fingerprint density at radius 3 is 2.39 bits per heavy atom. The summed E-state index contributed by atoms with van der Waals surface area (Å²) in [5.41, 5.74) is 3.01. The van der Waals surface area contributed by atoms with Crippen LogP contribution in [0.2, 0.25) is 0 Å². The Morgan fingerprint density at radius 1 is 1.33 bits per heavy atom. The number of ether oxygens (including phenoxy) is 1. The molecule has 1 aromatic rings. The predicted molar refractivity (Wildman–Crippen MR) is 74.5 cm³/mol. The number of carbonyl (C=O) groups excluding carboxylic acids is 1. The number of methoxy groups -OCH3 is 1. The molecule has 1 N–H and O–H groups in total. The zero-order chi connectivity index (χ0) is 13.5. The Kier molecular flexibility index (Phi) is 5.59. The van der Waals surface area contributed by atoms with E-state index in [0.29, 0.717) is 11.5 Å². The Morgan fingerprint density at radius 2 is 1.94 bits per heavy atom. The summed E-state index contributed by atoms with van der Waals surface area (Å²) >= 11 is 0. The van der Waals surface area contributed by atoms with Crippen LogP contribution in [0.1, 0.15) is 29.8 Å². The van der Waals surface area contributed by atoms with E-state index in [1.54, 1.807) is 12.1 Å². The molecule has 0 saturated carbocycles. The first-order chi connectivity index (χ1) is 8.58. The molecule has 0 atom stereocenters. The molecule has 98 valence electrons. The van der Waals surface area contributed by atoms with Gasteiger partial charge in [0.2, 0.25) is 0 Å². The van der Waals surface area contributed by atoms with Crippen LogP contribution < -0.4 is 5.32 Å². The van der Waals surface area contributed by atoms with E-state index >= 15 is 0 Å². The van der Waals surface area contributed by atoms with Gasteiger partial charge in [-0.15, -0.1) is 0 Å². The van der Waals surface area contributed by atoms with Gasteiger partial charge in [0.15, 0.2) is 0 Å². The Balaban J connectivity index is 2.90. The molecule has 0 unspecified atom stereocenters. The van der Waals surface area contributed by atoms with Gasteiger partial charge in [-0.1, -0.05) is 37.6 Å². The van der Waals surface area contributed by atoms with Crippen LogP contribution in [0.5, 0.6) is 0 Å². The lowest BCUT2D eigenvalue weighted by molar-refractivity contribution is 0.0601. The van der Waals surface area contributed by atoms with E-state index in [1.165, 1.54) is 12.7 Å². The van der Waals surface area contributed by atoms with Gasteiger partial charge in [0.1, 0.15) is 0 Å². The first-order valence-corrected chi connectivity index (χ1v) is 6.12. The van der Waals surface area contributed by atoms with Crippen LogP contribution in [0.25, 0.3) is 6.08 Å². The zero-order valence-electron chi connectivity index (χ0n) is 11.5. The van der Waals surface area contributed by atoms with E-state index in [9.17, 15) is 4.79 Å². The molecular formula is C15H21NO2. The van der Waals surface area contributed by atoms with Gasteiger partial charge in [-0.05, 0) is 30.7 Å². The molecule has 0 radical (unpaired) electrons. The Labute approximate surface area is 109 Å². The molecule has 0 spiro atoms. The number of likely N-dealkylation sites (N-methyl/N-ethyl adjacent to an activating group) is 1. The van der Waals surface area contributed by atoms with Crippen LogP contribution in [-0.4, -0.2) is 26.7 Å². The van der Waals surface area contributed by atoms with Crippen molar-refractivity contribution in [1.82, 2.24) is 5.32 Å². The zero-order valence-corrected chi connectivity index (χ0v) is 11.5. The van der Waals surface area contributed by atoms with Crippen LogP contribution >= 0.6 is 0 Å². The molecule has 3 heteroatoms. The van der Waals surface area contributed by atoms with E-state index < -0.39 is 0 Å². The summed E-state index contributed by atoms with van der Waals surface area (Å²) in [7, 11) is 3.33. The largest absolute Gasteiger partial charge is 0.465 e. The fraction of sp³-hybridized carbons (Fsp3) is 0.400. The van der Waals surface area contributed by atoms with Crippen LogP contribution in [0.3, 0.4) is 0 Å². The van der Waals surface area contributed by atoms with Gasteiger partial charge < -0.3 is 10.1 Å². The summed E-state index contributed by atoms with van der Waals surface area (Å²) in [6, 6.07) is 7.44. The molecule has 0 amide bonds. The number of hydrogen-bond donors (Lipinski definition) is 1. The van der Waals surface area contributed by atoms with Crippen LogP contribution in [0, 0.1) is 5.92 Å². The molecule has 0 fully saturated rings. The Bertz CT molecular complexity index is 419. The lowest BCUT2D eigenvalue weighted by Gasteiger charge is -2.11. The smallest absolute Gasteiger partial charge is 0.337 e. The molecule has 0 aliphatic heterocycles. The van der Waals surface area contributed by atoms with Crippen molar-refractivity contribution in [1.29, 1.82) is 0 Å². The highest BCUT2D eigenvalue weighted by molar-refractivity contribution is 5.89. The van der Waals surface area contributed by atoms with Crippen molar-refractivity contribution < 1.29 is 9.53 Å². The molecule has 0 aliphatic rings. The maximum atomic E-state index is 11.3. The summed E-state index contributed by atoms with van der Waals surface area (Å²) in [4.78, 5) is 11.3. The highest BCUT2D eigenvalue weighted by Gasteiger charge is 2.05. The number of esters is 1. The third kappa shape index (κ3) is 4.00. The molecule has 0 aromatic heterocycles. The average Bonchev–Trinajstić information content (AvgIpc) is 2.38. The quantitative estimate of drug-likeness (QED) is 0.813. The molecule has 0 saturated heterocycles. The van der Waals surface area contributed by atoms with E-state index in [4.69, 9.17) is 0 Å². The summed E-state index contributed by atoms with van der Waals surface area (Å²) < 4.78 is 4.67. The van der Waals surface area contributed by atoms with Crippen molar-refractivity contribution in [2.75, 3.05) is 20.7 Å². The summed E-state index contributed by atoms with van der Waals surface area (Å²) in [6.45, 7) is 5.22. The minimum absolute atomic E-state index is 0.301. The highest BCUT2D eigenvalue weighted by Crippen LogP contribution is 2.15. The van der Waals surface area contributed by atoms with Crippen LogP contribution in [0.15, 0.2) is 29.8 Å². The molecule has 0 aliphatic carbocycles. The standard InChI is InChI=1S/C15H21NO2/c1-11(2)14(10-16-3)9-12-5-7-13(8-6-12)15(17)18-4/h5-9,11,16H,10H2,1-4H3. The SMILES string of the molecule is CNCC(=Cc1ccc(C(=O)OC)cc1)C(C)C. The van der Waals surface area contributed by atoms with Gasteiger partial charge in [-0.3, -0.25) is 0 Å². The summed E-state index contributed by atoms with van der Waals surface area (Å²) in [6.07, 6.45) is 2.15. The van der Waals surface area contributed by atoms with Crippen molar-refractivity contribution in [3.05, 3.63) is 41.0 Å². The van der Waals surface area contributed by atoms with E-state index in [1.807, 2.05) is 19.2 Å². The summed E-state index contributed by atoms with van der Waals surface area (Å²) in [5, 5.41) is 3.17. The molecular weight excluding hydrogens is 226 g/mol. The minimum atomic E-state index is -0.301. The highest BCUT2D eigenvalue weighted by atomic mass is 16.5. The number of benzene rings is 1. The second-order valence-corrected chi connectivity index (χ2v) is 4.52. The van der Waals surface area contributed by atoms with Crippen molar-refractivity contribution >= 4 is 12.0 Å². The third-order valence-corrected chi connectivity index (χ3v) is 2.81. The first kappa shape index (κ1) is 14.5. The normalized spacial score (nSPS) is 11.7. The second kappa shape index (κ2) is 6.97. The molecule has 1 rings (SSSR count). The molecule has 18 heavy (non-hydrogen) atoms.